The van der Waals surface area contributed by atoms with Gasteiger partial charge in [-0.25, -0.2) is 0 Å². The summed E-state index contributed by atoms with van der Waals surface area (Å²) in [6, 6.07) is 0. The summed E-state index contributed by atoms with van der Waals surface area (Å²) in [5.41, 5.74) is 0.638. The second-order valence-corrected chi connectivity index (χ2v) is 3.82. The lowest BCUT2D eigenvalue weighted by Crippen LogP contribution is -2.45. The molecule has 1 heteroatoms. The summed E-state index contributed by atoms with van der Waals surface area (Å²) in [5, 5.41) is 3.62. The Labute approximate surface area is 56.8 Å². The van der Waals surface area contributed by atoms with Crippen molar-refractivity contribution >= 4 is 0 Å². The molecule has 0 aromatic rings. The quantitative estimate of drug-likeness (QED) is 0.518. The van der Waals surface area contributed by atoms with Crippen molar-refractivity contribution in [2.75, 3.05) is 6.54 Å². The van der Waals surface area contributed by atoms with Gasteiger partial charge in [0.2, 0.25) is 0 Å². The van der Waals surface area contributed by atoms with Crippen molar-refractivity contribution in [2.24, 2.45) is 5.92 Å². The lowest BCUT2D eigenvalue weighted by molar-refractivity contribution is 0.211. The lowest BCUT2D eigenvalue weighted by atomic mass is 9.75. The van der Waals surface area contributed by atoms with Crippen molar-refractivity contribution in [1.82, 2.24) is 5.32 Å². The molecule has 1 spiro atoms. The van der Waals surface area contributed by atoms with Crippen LogP contribution in [-0.4, -0.2) is 12.1 Å². The summed E-state index contributed by atoms with van der Waals surface area (Å²) >= 11 is 0. The first-order valence-corrected chi connectivity index (χ1v) is 4.06. The van der Waals surface area contributed by atoms with E-state index in [1.54, 1.807) is 0 Å². The van der Waals surface area contributed by atoms with E-state index >= 15 is 0 Å². The molecule has 1 saturated carbocycles. The average Bonchev–Trinajstić information content (AvgIpc) is 2.09. The van der Waals surface area contributed by atoms with E-state index in [1.807, 2.05) is 0 Å². The minimum atomic E-state index is 0.638. The van der Waals surface area contributed by atoms with Crippen LogP contribution in [0.15, 0.2) is 0 Å². The smallest absolute Gasteiger partial charge is 0.0184 e. The molecule has 2 rings (SSSR count). The van der Waals surface area contributed by atoms with Gasteiger partial charge < -0.3 is 5.32 Å². The van der Waals surface area contributed by atoms with Crippen LogP contribution in [-0.2, 0) is 0 Å². The second-order valence-electron chi connectivity index (χ2n) is 3.82. The Hall–Kier alpha value is -0.0400. The molecule has 0 unspecified atom stereocenters. The highest BCUT2D eigenvalue weighted by Gasteiger charge is 2.41. The van der Waals surface area contributed by atoms with Gasteiger partial charge >= 0.3 is 0 Å². The van der Waals surface area contributed by atoms with Gasteiger partial charge in [0.25, 0.3) is 0 Å². The molecule has 52 valence electrons. The molecule has 0 amide bonds. The third kappa shape index (κ3) is 0.787. The zero-order valence-electron chi connectivity index (χ0n) is 6.11. The highest BCUT2D eigenvalue weighted by Crippen LogP contribution is 2.40. The van der Waals surface area contributed by atoms with Crippen molar-refractivity contribution < 1.29 is 0 Å². The third-order valence-electron chi connectivity index (χ3n) is 2.88. The predicted molar refractivity (Wildman–Crippen MR) is 38.4 cm³/mol. The first-order valence-electron chi connectivity index (χ1n) is 4.06. The first kappa shape index (κ1) is 5.72. The fraction of sp³-hybridized carbons (Fsp3) is 1.00. The summed E-state index contributed by atoms with van der Waals surface area (Å²) in [5.74, 6) is 0.935. The monoisotopic (exact) mass is 125 g/mol. The summed E-state index contributed by atoms with van der Waals surface area (Å²) in [4.78, 5) is 0. The van der Waals surface area contributed by atoms with Crippen LogP contribution in [0.4, 0.5) is 0 Å². The van der Waals surface area contributed by atoms with Gasteiger partial charge in [-0.1, -0.05) is 6.92 Å². The van der Waals surface area contributed by atoms with Gasteiger partial charge in [-0.05, 0) is 38.1 Å². The van der Waals surface area contributed by atoms with E-state index in [0.717, 1.165) is 5.92 Å². The maximum atomic E-state index is 3.62. The Bertz CT molecular complexity index is 116. The van der Waals surface area contributed by atoms with E-state index in [2.05, 4.69) is 12.2 Å². The molecule has 0 aromatic heterocycles. The molecule has 9 heavy (non-hydrogen) atoms. The van der Waals surface area contributed by atoms with Crippen molar-refractivity contribution in [3.63, 3.8) is 0 Å². The van der Waals surface area contributed by atoms with Gasteiger partial charge in [-0.3, -0.25) is 0 Å². The Morgan fingerprint density at radius 3 is 2.44 bits per heavy atom. The van der Waals surface area contributed by atoms with Gasteiger partial charge in [-0.15, -0.1) is 0 Å². The van der Waals surface area contributed by atoms with Gasteiger partial charge in [0, 0.05) is 5.54 Å². The molecule has 1 saturated heterocycles. The molecule has 0 aromatic carbocycles. The fourth-order valence-electron chi connectivity index (χ4n) is 2.19. The van der Waals surface area contributed by atoms with Crippen molar-refractivity contribution in [3.8, 4) is 0 Å². The number of hydrogen-bond donors (Lipinski definition) is 1. The minimum absolute atomic E-state index is 0.638. The molecule has 1 N–H and O–H groups in total. The highest BCUT2D eigenvalue weighted by molar-refractivity contribution is 5.01. The van der Waals surface area contributed by atoms with Crippen LogP contribution in [0.2, 0.25) is 0 Å². The van der Waals surface area contributed by atoms with E-state index in [0.29, 0.717) is 5.54 Å². The van der Waals surface area contributed by atoms with E-state index < -0.39 is 0 Å². The molecular formula is C8H15N. The second kappa shape index (κ2) is 1.72. The maximum Gasteiger partial charge on any atom is 0.0184 e. The van der Waals surface area contributed by atoms with Crippen LogP contribution in [0.3, 0.4) is 0 Å². The summed E-state index contributed by atoms with van der Waals surface area (Å²) in [6.45, 7) is 3.61. The van der Waals surface area contributed by atoms with Gasteiger partial charge in [-0.2, -0.15) is 0 Å². The molecule has 1 aliphatic carbocycles. The van der Waals surface area contributed by atoms with E-state index in [9.17, 15) is 0 Å². The normalized spacial score (nSPS) is 39.0. The van der Waals surface area contributed by atoms with Crippen molar-refractivity contribution in [1.29, 1.82) is 0 Å². The zero-order chi connectivity index (χ0) is 6.32. The standard InChI is InChI=1S/C8H15N/c1-7-5-8(9-6-7)3-2-4-8/h7,9H,2-6H2,1H3/t7-/m1/s1. The summed E-state index contributed by atoms with van der Waals surface area (Å²) in [6.07, 6.45) is 5.78. The summed E-state index contributed by atoms with van der Waals surface area (Å²) in [7, 11) is 0. The number of nitrogens with one attached hydrogen (secondary N) is 1. The van der Waals surface area contributed by atoms with E-state index in [4.69, 9.17) is 0 Å². The maximum absolute atomic E-state index is 3.62. The Morgan fingerprint density at radius 2 is 2.22 bits per heavy atom. The van der Waals surface area contributed by atoms with Crippen LogP contribution in [0.1, 0.15) is 32.6 Å². The Morgan fingerprint density at radius 1 is 1.44 bits per heavy atom. The average molecular weight is 125 g/mol. The molecule has 1 heterocycles. The lowest BCUT2D eigenvalue weighted by Gasteiger charge is -2.38. The molecule has 2 aliphatic rings. The minimum Gasteiger partial charge on any atom is -0.311 e. The summed E-state index contributed by atoms with van der Waals surface area (Å²) < 4.78 is 0. The van der Waals surface area contributed by atoms with Gasteiger partial charge in [0.15, 0.2) is 0 Å². The van der Waals surface area contributed by atoms with E-state index in [-0.39, 0.29) is 0 Å². The van der Waals surface area contributed by atoms with Crippen LogP contribution in [0.25, 0.3) is 0 Å². The third-order valence-corrected chi connectivity index (χ3v) is 2.88. The highest BCUT2D eigenvalue weighted by atomic mass is 15.0. The van der Waals surface area contributed by atoms with E-state index in [1.165, 1.54) is 32.2 Å². The molecule has 0 radical (unpaired) electrons. The first-order chi connectivity index (χ1) is 4.31. The van der Waals surface area contributed by atoms with Crippen LogP contribution >= 0.6 is 0 Å². The van der Waals surface area contributed by atoms with Crippen LogP contribution < -0.4 is 5.32 Å². The van der Waals surface area contributed by atoms with Crippen molar-refractivity contribution in [3.05, 3.63) is 0 Å². The van der Waals surface area contributed by atoms with Gasteiger partial charge in [0.05, 0.1) is 0 Å². The fourth-order valence-corrected chi connectivity index (χ4v) is 2.19. The topological polar surface area (TPSA) is 12.0 Å². The molecule has 1 aliphatic heterocycles. The number of rotatable bonds is 0. The molecule has 0 bridgehead atoms. The predicted octanol–water partition coefficient (Wildman–Crippen LogP) is 1.54. The molecular weight excluding hydrogens is 110 g/mol. The molecule has 1 atom stereocenters. The zero-order valence-corrected chi connectivity index (χ0v) is 6.11. The Balaban J connectivity index is 1.99. The van der Waals surface area contributed by atoms with Crippen LogP contribution in [0.5, 0.6) is 0 Å². The SMILES string of the molecule is C[C@H]1CNC2(CCC2)C1. The molecule has 2 fully saturated rings. The largest absolute Gasteiger partial charge is 0.311 e. The van der Waals surface area contributed by atoms with Crippen LogP contribution in [0, 0.1) is 5.92 Å². The van der Waals surface area contributed by atoms with Crippen molar-refractivity contribution in [2.45, 2.75) is 38.1 Å². The molecule has 1 nitrogen and oxygen atoms in total. The van der Waals surface area contributed by atoms with Gasteiger partial charge in [0.1, 0.15) is 0 Å². The number of hydrogen-bond acceptors (Lipinski definition) is 1. The Kier molecular flexibility index (Phi) is 1.10.